The number of carbonyl (C=O) groups is 1. The van der Waals surface area contributed by atoms with Gasteiger partial charge in [0.15, 0.2) is 0 Å². The molecule has 2 aromatic heterocycles. The van der Waals surface area contributed by atoms with Crippen LogP contribution in [0.15, 0.2) is 66.9 Å². The zero-order valence-corrected chi connectivity index (χ0v) is 15.0. The van der Waals surface area contributed by atoms with Gasteiger partial charge in [-0.3, -0.25) is 4.79 Å². The van der Waals surface area contributed by atoms with Crippen LogP contribution in [-0.4, -0.2) is 20.9 Å². The molecule has 1 amide bonds. The molecule has 7 heteroatoms. The number of benzene rings is 2. The van der Waals surface area contributed by atoms with E-state index in [9.17, 15) is 4.79 Å². The monoisotopic (exact) mass is 377 g/mol. The Bertz CT molecular complexity index is 1080. The summed E-state index contributed by atoms with van der Waals surface area (Å²) in [5.74, 6) is 0.910. The van der Waals surface area contributed by atoms with Gasteiger partial charge in [0.05, 0.1) is 23.1 Å². The molecule has 134 valence electrons. The average molecular weight is 378 g/mol. The molecule has 0 saturated carbocycles. The van der Waals surface area contributed by atoms with E-state index in [4.69, 9.17) is 11.6 Å². The van der Waals surface area contributed by atoms with Gasteiger partial charge < -0.3 is 15.6 Å². The van der Waals surface area contributed by atoms with Gasteiger partial charge in [0.25, 0.3) is 5.91 Å². The smallest absolute Gasteiger partial charge is 0.255 e. The van der Waals surface area contributed by atoms with Crippen molar-refractivity contribution in [1.29, 1.82) is 0 Å². The highest BCUT2D eigenvalue weighted by molar-refractivity contribution is 6.30. The van der Waals surface area contributed by atoms with Crippen molar-refractivity contribution in [1.82, 2.24) is 20.3 Å². The number of aromatic amines is 1. The molecule has 0 bridgehead atoms. The lowest BCUT2D eigenvalue weighted by molar-refractivity contribution is 0.0950. The Balaban J connectivity index is 1.50. The molecule has 0 aliphatic rings. The number of pyridine rings is 1. The third-order valence-corrected chi connectivity index (χ3v) is 4.23. The fraction of sp³-hybridized carbons (Fsp3) is 0.0500. The van der Waals surface area contributed by atoms with Crippen LogP contribution in [0.1, 0.15) is 16.2 Å². The van der Waals surface area contributed by atoms with Gasteiger partial charge in [-0.25, -0.2) is 9.97 Å². The van der Waals surface area contributed by atoms with Crippen LogP contribution in [0.4, 0.5) is 11.5 Å². The highest BCUT2D eigenvalue weighted by atomic mass is 35.5. The molecule has 0 atom stereocenters. The minimum Gasteiger partial charge on any atom is -0.345 e. The third kappa shape index (κ3) is 3.91. The van der Waals surface area contributed by atoms with E-state index < -0.39 is 0 Å². The zero-order valence-electron chi connectivity index (χ0n) is 14.2. The predicted octanol–water partition coefficient (Wildman–Crippen LogP) is 4.28. The van der Waals surface area contributed by atoms with E-state index in [2.05, 4.69) is 25.6 Å². The maximum absolute atomic E-state index is 12.7. The molecule has 2 aromatic carbocycles. The van der Waals surface area contributed by atoms with Crippen LogP contribution >= 0.6 is 11.6 Å². The SMILES string of the molecule is O=C(NCc1nc2ccccc2[nH]1)c1cccnc1Nc1cccc(Cl)c1. The van der Waals surface area contributed by atoms with Crippen molar-refractivity contribution in [3.63, 3.8) is 0 Å². The van der Waals surface area contributed by atoms with Crippen LogP contribution in [0.2, 0.25) is 5.02 Å². The lowest BCUT2D eigenvalue weighted by atomic mass is 10.2. The molecule has 0 aliphatic carbocycles. The number of carbonyl (C=O) groups excluding carboxylic acids is 1. The van der Waals surface area contributed by atoms with Gasteiger partial charge in [-0.05, 0) is 42.5 Å². The number of H-pyrrole nitrogens is 1. The molecule has 3 N–H and O–H groups in total. The van der Waals surface area contributed by atoms with E-state index in [0.717, 1.165) is 16.7 Å². The zero-order chi connectivity index (χ0) is 18.6. The Morgan fingerprint density at radius 1 is 1.07 bits per heavy atom. The standard InChI is InChI=1S/C20H16ClN5O/c21-13-5-3-6-14(11-13)24-19-15(7-4-10-22-19)20(27)23-12-18-25-16-8-1-2-9-17(16)26-18/h1-11H,12H2,(H,22,24)(H,23,27)(H,25,26). The average Bonchev–Trinajstić information content (AvgIpc) is 3.09. The number of rotatable bonds is 5. The number of imidazole rings is 1. The molecule has 4 aromatic rings. The topological polar surface area (TPSA) is 82.7 Å². The molecule has 0 unspecified atom stereocenters. The van der Waals surface area contributed by atoms with Gasteiger partial charge in [-0.1, -0.05) is 29.8 Å². The summed E-state index contributed by atoms with van der Waals surface area (Å²) in [7, 11) is 0. The molecular formula is C20H16ClN5O. The van der Waals surface area contributed by atoms with Gasteiger partial charge in [0, 0.05) is 16.9 Å². The number of anilines is 2. The Morgan fingerprint density at radius 3 is 2.81 bits per heavy atom. The summed E-state index contributed by atoms with van der Waals surface area (Å²) >= 11 is 6.01. The number of fused-ring (bicyclic) bond motifs is 1. The molecule has 27 heavy (non-hydrogen) atoms. The second-order valence-electron chi connectivity index (χ2n) is 5.92. The first kappa shape index (κ1) is 17.1. The fourth-order valence-electron chi connectivity index (χ4n) is 2.74. The van der Waals surface area contributed by atoms with Crippen molar-refractivity contribution >= 4 is 40.0 Å². The molecule has 0 fully saturated rings. The fourth-order valence-corrected chi connectivity index (χ4v) is 2.93. The second kappa shape index (κ2) is 7.47. The van der Waals surface area contributed by atoms with Gasteiger partial charge in [0.2, 0.25) is 0 Å². The summed E-state index contributed by atoms with van der Waals surface area (Å²) in [5, 5.41) is 6.61. The van der Waals surface area contributed by atoms with Crippen LogP contribution in [0.5, 0.6) is 0 Å². The number of nitrogens with zero attached hydrogens (tertiary/aromatic N) is 2. The second-order valence-corrected chi connectivity index (χ2v) is 6.35. The van der Waals surface area contributed by atoms with Crippen molar-refractivity contribution < 1.29 is 4.79 Å². The van der Waals surface area contributed by atoms with Crippen molar-refractivity contribution in [3.05, 3.63) is 83.3 Å². The molecule has 4 rings (SSSR count). The van der Waals surface area contributed by atoms with E-state index in [-0.39, 0.29) is 5.91 Å². The molecule has 2 heterocycles. The van der Waals surface area contributed by atoms with E-state index in [1.165, 1.54) is 0 Å². The number of hydrogen-bond donors (Lipinski definition) is 3. The van der Waals surface area contributed by atoms with Crippen molar-refractivity contribution in [2.75, 3.05) is 5.32 Å². The number of halogens is 1. The molecule has 0 saturated heterocycles. The normalized spacial score (nSPS) is 10.7. The van der Waals surface area contributed by atoms with E-state index >= 15 is 0 Å². The maximum atomic E-state index is 12.7. The summed E-state index contributed by atoms with van der Waals surface area (Å²) in [6.07, 6.45) is 1.63. The van der Waals surface area contributed by atoms with Crippen molar-refractivity contribution in [2.24, 2.45) is 0 Å². The number of para-hydroxylation sites is 2. The van der Waals surface area contributed by atoms with Crippen LogP contribution in [0.25, 0.3) is 11.0 Å². The highest BCUT2D eigenvalue weighted by Gasteiger charge is 2.13. The van der Waals surface area contributed by atoms with Crippen molar-refractivity contribution in [2.45, 2.75) is 6.54 Å². The Kier molecular flexibility index (Phi) is 4.72. The maximum Gasteiger partial charge on any atom is 0.255 e. The Hall–Kier alpha value is -3.38. The highest BCUT2D eigenvalue weighted by Crippen LogP contribution is 2.21. The third-order valence-electron chi connectivity index (χ3n) is 3.99. The first-order valence-corrected chi connectivity index (χ1v) is 8.76. The summed E-state index contributed by atoms with van der Waals surface area (Å²) in [6, 6.07) is 18.4. The lowest BCUT2D eigenvalue weighted by Gasteiger charge is -2.11. The first-order valence-electron chi connectivity index (χ1n) is 8.38. The molecular weight excluding hydrogens is 362 g/mol. The lowest BCUT2D eigenvalue weighted by Crippen LogP contribution is -2.24. The molecule has 6 nitrogen and oxygen atoms in total. The largest absolute Gasteiger partial charge is 0.345 e. The van der Waals surface area contributed by atoms with Gasteiger partial charge in [-0.2, -0.15) is 0 Å². The molecule has 0 spiro atoms. The first-order chi connectivity index (χ1) is 13.2. The summed E-state index contributed by atoms with van der Waals surface area (Å²) < 4.78 is 0. The molecule has 0 aliphatic heterocycles. The van der Waals surface area contributed by atoms with Crippen LogP contribution in [0.3, 0.4) is 0 Å². The number of hydrogen-bond acceptors (Lipinski definition) is 4. The van der Waals surface area contributed by atoms with Crippen LogP contribution in [0, 0.1) is 0 Å². The van der Waals surface area contributed by atoms with E-state index in [1.54, 1.807) is 30.5 Å². The quantitative estimate of drug-likeness (QED) is 0.484. The number of amides is 1. The van der Waals surface area contributed by atoms with Gasteiger partial charge in [-0.15, -0.1) is 0 Å². The Labute approximate surface area is 160 Å². The van der Waals surface area contributed by atoms with Gasteiger partial charge in [0.1, 0.15) is 11.6 Å². The minimum atomic E-state index is -0.243. The number of nitrogens with one attached hydrogen (secondary N) is 3. The molecule has 0 radical (unpaired) electrons. The minimum absolute atomic E-state index is 0.243. The summed E-state index contributed by atoms with van der Waals surface area (Å²) in [4.78, 5) is 24.6. The summed E-state index contributed by atoms with van der Waals surface area (Å²) in [5.41, 5.74) is 3.00. The summed E-state index contributed by atoms with van der Waals surface area (Å²) in [6.45, 7) is 0.291. The van der Waals surface area contributed by atoms with E-state index in [0.29, 0.717) is 28.8 Å². The van der Waals surface area contributed by atoms with Crippen molar-refractivity contribution in [3.8, 4) is 0 Å². The van der Waals surface area contributed by atoms with Crippen LogP contribution in [-0.2, 0) is 6.54 Å². The van der Waals surface area contributed by atoms with Crippen LogP contribution < -0.4 is 10.6 Å². The predicted molar refractivity (Wildman–Crippen MR) is 106 cm³/mol. The number of aromatic nitrogens is 3. The Morgan fingerprint density at radius 2 is 1.96 bits per heavy atom. The van der Waals surface area contributed by atoms with E-state index in [1.807, 2.05) is 36.4 Å². The van der Waals surface area contributed by atoms with Gasteiger partial charge >= 0.3 is 0 Å².